The quantitative estimate of drug-likeness (QED) is 0.802. The van der Waals surface area contributed by atoms with Crippen molar-refractivity contribution in [2.24, 2.45) is 5.10 Å². The van der Waals surface area contributed by atoms with Crippen LogP contribution in [0.15, 0.2) is 35.5 Å². The summed E-state index contributed by atoms with van der Waals surface area (Å²) in [6, 6.07) is 5.55. The fourth-order valence-corrected chi connectivity index (χ4v) is 3.97. The maximum absolute atomic E-state index is 12.5. The number of halogens is 2. The normalized spacial score (nSPS) is 19.3. The molecule has 1 saturated heterocycles. The number of likely N-dealkylation sites (tertiary alicyclic amines) is 1. The van der Waals surface area contributed by atoms with Gasteiger partial charge in [-0.15, -0.1) is 0 Å². The van der Waals surface area contributed by atoms with Crippen LogP contribution in [0.4, 0.5) is 4.79 Å². The van der Waals surface area contributed by atoms with E-state index in [9.17, 15) is 4.79 Å². The number of carbonyl (C=O) groups is 1. The van der Waals surface area contributed by atoms with Crippen LogP contribution in [0.2, 0.25) is 10.0 Å². The smallest absolute Gasteiger partial charge is 0.317 e. The van der Waals surface area contributed by atoms with E-state index in [1.54, 1.807) is 11.0 Å². The average Bonchev–Trinajstić information content (AvgIpc) is 2.67. The van der Waals surface area contributed by atoms with Gasteiger partial charge in [-0.05, 0) is 49.1 Å². The molecule has 0 aromatic heterocycles. The van der Waals surface area contributed by atoms with E-state index in [-0.39, 0.29) is 12.1 Å². The van der Waals surface area contributed by atoms with Gasteiger partial charge >= 0.3 is 6.03 Å². The van der Waals surface area contributed by atoms with Crippen molar-refractivity contribution in [3.63, 3.8) is 0 Å². The van der Waals surface area contributed by atoms with Gasteiger partial charge < -0.3 is 20.5 Å². The summed E-state index contributed by atoms with van der Waals surface area (Å²) in [6.07, 6.45) is 6.81. The van der Waals surface area contributed by atoms with Gasteiger partial charge in [0.2, 0.25) is 0 Å². The number of benzene rings is 1. The van der Waals surface area contributed by atoms with E-state index in [1.807, 2.05) is 25.3 Å². The van der Waals surface area contributed by atoms with E-state index in [1.165, 1.54) is 0 Å². The highest BCUT2D eigenvalue weighted by Gasteiger charge is 2.27. The number of nitrogens with zero attached hydrogens (tertiary/aromatic N) is 3. The molecular formula is C19H25Cl2N5O. The largest absolute Gasteiger partial charge is 0.353 e. The number of rotatable bonds is 4. The lowest BCUT2D eigenvalue weighted by Gasteiger charge is -2.38. The highest BCUT2D eigenvalue weighted by molar-refractivity contribution is 6.34. The minimum absolute atomic E-state index is 0.0609. The highest BCUT2D eigenvalue weighted by Crippen LogP contribution is 2.19. The lowest BCUT2D eigenvalue weighted by atomic mass is 10.0. The summed E-state index contributed by atoms with van der Waals surface area (Å²) in [6.45, 7) is 3.06. The van der Waals surface area contributed by atoms with Gasteiger partial charge in [-0.2, -0.15) is 5.10 Å². The van der Waals surface area contributed by atoms with Crippen LogP contribution in [0.1, 0.15) is 18.4 Å². The summed E-state index contributed by atoms with van der Waals surface area (Å²) in [5.74, 6) is 0.942. The van der Waals surface area contributed by atoms with Crippen molar-refractivity contribution in [3.05, 3.63) is 46.0 Å². The molecule has 2 amide bonds. The Bertz CT molecular complexity index is 717. The van der Waals surface area contributed by atoms with Crippen LogP contribution in [-0.4, -0.2) is 60.9 Å². The minimum Gasteiger partial charge on any atom is -0.353 e. The number of nitrogens with one attached hydrogen (secondary N) is 2. The molecule has 0 bridgehead atoms. The maximum Gasteiger partial charge on any atom is 0.317 e. The summed E-state index contributed by atoms with van der Waals surface area (Å²) in [5.41, 5.74) is 4.01. The molecule has 8 heteroatoms. The third-order valence-corrected chi connectivity index (χ3v) is 5.31. The molecule has 1 fully saturated rings. The number of piperidine rings is 1. The molecule has 0 spiro atoms. The zero-order valence-electron chi connectivity index (χ0n) is 15.4. The predicted molar refractivity (Wildman–Crippen MR) is 111 cm³/mol. The second-order valence-electron chi connectivity index (χ2n) is 6.85. The van der Waals surface area contributed by atoms with E-state index in [0.29, 0.717) is 23.0 Å². The van der Waals surface area contributed by atoms with E-state index in [0.717, 1.165) is 43.9 Å². The Hall–Kier alpha value is -1.92. The lowest BCUT2D eigenvalue weighted by molar-refractivity contribution is 0.157. The van der Waals surface area contributed by atoms with Gasteiger partial charge in [0.25, 0.3) is 0 Å². The molecule has 1 atom stereocenters. The third kappa shape index (κ3) is 5.53. The number of urea groups is 1. The highest BCUT2D eigenvalue weighted by atomic mass is 35.5. The summed E-state index contributed by atoms with van der Waals surface area (Å²) in [7, 11) is 1.86. The molecule has 0 unspecified atom stereocenters. The fraction of sp³-hybridized carbons (Fsp3) is 0.474. The molecule has 6 nitrogen and oxygen atoms in total. The number of amidine groups is 1. The Morgan fingerprint density at radius 1 is 1.37 bits per heavy atom. The summed E-state index contributed by atoms with van der Waals surface area (Å²) < 4.78 is 0. The van der Waals surface area contributed by atoms with Crippen molar-refractivity contribution in [1.82, 2.24) is 20.5 Å². The molecule has 1 aromatic carbocycles. The summed E-state index contributed by atoms with van der Waals surface area (Å²) >= 11 is 12.0. The number of hydrogen-bond donors (Lipinski definition) is 2. The predicted octanol–water partition coefficient (Wildman–Crippen LogP) is 3.11. The molecule has 146 valence electrons. The van der Waals surface area contributed by atoms with Gasteiger partial charge in [0.05, 0.1) is 12.6 Å². The molecule has 27 heavy (non-hydrogen) atoms. The zero-order valence-corrected chi connectivity index (χ0v) is 16.9. The van der Waals surface area contributed by atoms with Crippen LogP contribution in [-0.2, 0) is 6.42 Å². The third-order valence-electron chi connectivity index (χ3n) is 4.87. The number of likely N-dealkylation sites (N-methyl/N-ethyl adjacent to an activating group) is 1. The first-order chi connectivity index (χ1) is 13.0. The first kappa shape index (κ1) is 19.8. The lowest BCUT2D eigenvalue weighted by Crippen LogP contribution is -2.52. The van der Waals surface area contributed by atoms with Crippen molar-refractivity contribution < 1.29 is 4.79 Å². The standard InChI is InChI=1S/C19H25Cl2N5O/c1-25(17-4-3-9-26(13-17)18-5-2-7-23-24-18)19(27)22-8-6-14-10-15(20)12-16(21)11-14/h2,5,10-12,17,23H,3-4,6-9,13H2,1H3,(H,22,27)/t17-/m1/s1. The zero-order chi connectivity index (χ0) is 19.2. The number of hydrazone groups is 1. The van der Waals surface area contributed by atoms with Crippen molar-refractivity contribution in [2.75, 3.05) is 33.2 Å². The van der Waals surface area contributed by atoms with Crippen LogP contribution >= 0.6 is 23.2 Å². The van der Waals surface area contributed by atoms with Crippen LogP contribution in [0.5, 0.6) is 0 Å². The molecule has 0 radical (unpaired) electrons. The van der Waals surface area contributed by atoms with Crippen LogP contribution in [0.25, 0.3) is 0 Å². The second kappa shape index (κ2) is 9.33. The second-order valence-corrected chi connectivity index (χ2v) is 7.72. The first-order valence-corrected chi connectivity index (χ1v) is 9.96. The molecule has 1 aromatic rings. The van der Waals surface area contributed by atoms with Crippen molar-refractivity contribution in [1.29, 1.82) is 0 Å². The number of amides is 2. The van der Waals surface area contributed by atoms with E-state index < -0.39 is 0 Å². The van der Waals surface area contributed by atoms with Gasteiger partial charge in [-0.1, -0.05) is 29.3 Å². The number of hydrogen-bond acceptors (Lipinski definition) is 4. The van der Waals surface area contributed by atoms with Crippen LogP contribution < -0.4 is 10.7 Å². The Kier molecular flexibility index (Phi) is 6.85. The van der Waals surface area contributed by atoms with Crippen molar-refractivity contribution in [3.8, 4) is 0 Å². The van der Waals surface area contributed by atoms with Gasteiger partial charge in [-0.25, -0.2) is 4.79 Å². The summed E-state index contributed by atoms with van der Waals surface area (Å²) in [5, 5.41) is 8.56. The molecule has 2 aliphatic heterocycles. The first-order valence-electron chi connectivity index (χ1n) is 9.20. The Morgan fingerprint density at radius 2 is 2.15 bits per heavy atom. The molecule has 2 aliphatic rings. The average molecular weight is 410 g/mol. The van der Waals surface area contributed by atoms with Crippen LogP contribution in [0.3, 0.4) is 0 Å². The van der Waals surface area contributed by atoms with E-state index >= 15 is 0 Å². The minimum atomic E-state index is -0.0609. The molecule has 0 aliphatic carbocycles. The van der Waals surface area contributed by atoms with Gasteiger partial charge in [0.15, 0.2) is 0 Å². The molecular weight excluding hydrogens is 385 g/mol. The molecule has 2 heterocycles. The van der Waals surface area contributed by atoms with Crippen molar-refractivity contribution in [2.45, 2.75) is 25.3 Å². The Morgan fingerprint density at radius 3 is 2.85 bits per heavy atom. The molecule has 0 saturated carbocycles. The molecule has 2 N–H and O–H groups in total. The number of carbonyl (C=O) groups excluding carboxylic acids is 1. The maximum atomic E-state index is 12.5. The fourth-order valence-electron chi connectivity index (χ4n) is 3.40. The Balaban J connectivity index is 1.49. The van der Waals surface area contributed by atoms with E-state index in [2.05, 4.69) is 26.8 Å². The van der Waals surface area contributed by atoms with Gasteiger partial charge in [0.1, 0.15) is 5.84 Å². The van der Waals surface area contributed by atoms with Crippen molar-refractivity contribution >= 4 is 35.1 Å². The topological polar surface area (TPSA) is 60.0 Å². The monoisotopic (exact) mass is 409 g/mol. The van der Waals surface area contributed by atoms with Gasteiger partial charge in [0, 0.05) is 36.7 Å². The Labute approximate surface area is 170 Å². The van der Waals surface area contributed by atoms with E-state index in [4.69, 9.17) is 23.2 Å². The summed E-state index contributed by atoms with van der Waals surface area (Å²) in [4.78, 5) is 16.6. The van der Waals surface area contributed by atoms with Gasteiger partial charge in [-0.3, -0.25) is 0 Å². The molecule has 3 rings (SSSR count). The SMILES string of the molecule is CN(C(=O)NCCc1cc(Cl)cc(Cl)c1)[C@@H]1CCCN(C2=NNCC=C2)C1. The van der Waals surface area contributed by atoms with Crippen LogP contribution in [0, 0.1) is 0 Å².